The minimum atomic E-state index is -0.410. The molecule has 1 aliphatic heterocycles. The van der Waals surface area contributed by atoms with Gasteiger partial charge in [-0.1, -0.05) is 0 Å². The molecule has 2 aliphatic rings. The minimum absolute atomic E-state index is 0.0626. The molecule has 1 aromatic carbocycles. The SMILES string of the molecule is COCCCOc1cc(OC)cc([C@@H](C)N(C(=O)[C@H]2CNCCO2)C2CC2)c1. The molecule has 1 amide bonds. The zero-order chi connectivity index (χ0) is 19.9. The minimum Gasteiger partial charge on any atom is -0.497 e. The van der Waals surface area contributed by atoms with E-state index in [1.54, 1.807) is 14.2 Å². The molecular formula is C21H32N2O5. The van der Waals surface area contributed by atoms with E-state index in [1.807, 2.05) is 23.1 Å². The Bertz CT molecular complexity index is 644. The highest BCUT2D eigenvalue weighted by Crippen LogP contribution is 2.37. The highest BCUT2D eigenvalue weighted by atomic mass is 16.5. The fourth-order valence-electron chi connectivity index (χ4n) is 3.52. The number of nitrogens with zero attached hydrogens (tertiary/aromatic N) is 1. The predicted molar refractivity (Wildman–Crippen MR) is 106 cm³/mol. The fourth-order valence-corrected chi connectivity index (χ4v) is 3.52. The van der Waals surface area contributed by atoms with E-state index in [1.165, 1.54) is 0 Å². The summed E-state index contributed by atoms with van der Waals surface area (Å²) in [7, 11) is 3.32. The predicted octanol–water partition coefficient (Wildman–Crippen LogP) is 2.15. The summed E-state index contributed by atoms with van der Waals surface area (Å²) in [6, 6.07) is 6.06. The molecule has 0 spiro atoms. The van der Waals surface area contributed by atoms with Gasteiger partial charge in [-0.15, -0.1) is 0 Å². The van der Waals surface area contributed by atoms with Crippen molar-refractivity contribution in [2.45, 2.75) is 44.4 Å². The van der Waals surface area contributed by atoms with E-state index < -0.39 is 6.10 Å². The van der Waals surface area contributed by atoms with E-state index in [2.05, 4.69) is 12.2 Å². The number of rotatable bonds is 10. The van der Waals surface area contributed by atoms with Crippen molar-refractivity contribution < 1.29 is 23.7 Å². The first-order valence-corrected chi connectivity index (χ1v) is 10.1. The van der Waals surface area contributed by atoms with Crippen molar-refractivity contribution in [2.24, 2.45) is 0 Å². The Labute approximate surface area is 167 Å². The van der Waals surface area contributed by atoms with Gasteiger partial charge < -0.3 is 29.2 Å². The first-order valence-electron chi connectivity index (χ1n) is 10.1. The van der Waals surface area contributed by atoms with Crippen LogP contribution in [0.5, 0.6) is 11.5 Å². The van der Waals surface area contributed by atoms with Crippen molar-refractivity contribution in [3.8, 4) is 11.5 Å². The van der Waals surface area contributed by atoms with Gasteiger partial charge in [-0.3, -0.25) is 4.79 Å². The van der Waals surface area contributed by atoms with Crippen LogP contribution in [-0.2, 0) is 14.3 Å². The Morgan fingerprint density at radius 3 is 2.68 bits per heavy atom. The van der Waals surface area contributed by atoms with Gasteiger partial charge >= 0.3 is 0 Å². The number of methoxy groups -OCH3 is 2. The van der Waals surface area contributed by atoms with Gasteiger partial charge in [-0.2, -0.15) is 0 Å². The molecule has 1 aromatic rings. The number of benzene rings is 1. The van der Waals surface area contributed by atoms with Gasteiger partial charge in [-0.05, 0) is 37.5 Å². The van der Waals surface area contributed by atoms with Crippen molar-refractivity contribution in [3.05, 3.63) is 23.8 Å². The van der Waals surface area contributed by atoms with Gasteiger partial charge in [-0.25, -0.2) is 0 Å². The van der Waals surface area contributed by atoms with Gasteiger partial charge in [0.15, 0.2) is 0 Å². The van der Waals surface area contributed by atoms with Crippen LogP contribution in [0.2, 0.25) is 0 Å². The van der Waals surface area contributed by atoms with Gasteiger partial charge in [0.2, 0.25) is 0 Å². The van der Waals surface area contributed by atoms with Crippen LogP contribution >= 0.6 is 0 Å². The van der Waals surface area contributed by atoms with Crippen molar-refractivity contribution >= 4 is 5.91 Å². The maximum atomic E-state index is 13.2. The van der Waals surface area contributed by atoms with Gasteiger partial charge in [0.05, 0.1) is 26.4 Å². The summed E-state index contributed by atoms with van der Waals surface area (Å²) in [5, 5.41) is 3.25. The molecule has 28 heavy (non-hydrogen) atoms. The molecule has 0 bridgehead atoms. The van der Waals surface area contributed by atoms with Crippen LogP contribution in [0, 0.1) is 0 Å². The summed E-state index contributed by atoms with van der Waals surface area (Å²) < 4.78 is 22.1. The summed E-state index contributed by atoms with van der Waals surface area (Å²) in [6.07, 6.45) is 2.49. The molecule has 1 N–H and O–H groups in total. The summed E-state index contributed by atoms with van der Waals surface area (Å²) in [5.74, 6) is 1.54. The van der Waals surface area contributed by atoms with E-state index in [0.29, 0.717) is 26.4 Å². The Kier molecular flexibility index (Phi) is 7.53. The lowest BCUT2D eigenvalue weighted by molar-refractivity contribution is -0.148. The van der Waals surface area contributed by atoms with E-state index in [0.717, 1.165) is 42.9 Å². The smallest absolute Gasteiger partial charge is 0.253 e. The maximum absolute atomic E-state index is 13.2. The van der Waals surface area contributed by atoms with Crippen LogP contribution < -0.4 is 14.8 Å². The third-order valence-corrected chi connectivity index (χ3v) is 5.20. The van der Waals surface area contributed by atoms with E-state index >= 15 is 0 Å². The topological polar surface area (TPSA) is 69.3 Å². The molecule has 7 heteroatoms. The number of nitrogens with one attached hydrogen (secondary N) is 1. The average molecular weight is 392 g/mol. The summed E-state index contributed by atoms with van der Waals surface area (Å²) >= 11 is 0. The largest absolute Gasteiger partial charge is 0.497 e. The van der Waals surface area contributed by atoms with Gasteiger partial charge in [0, 0.05) is 45.3 Å². The highest BCUT2D eigenvalue weighted by Gasteiger charge is 2.40. The standard InChI is InChI=1S/C21H32N2O5/c1-15(23(17-5-6-17)21(24)20-14-22-7-10-28-20)16-11-18(26-3)13-19(12-16)27-9-4-8-25-2/h11-13,15,17,20,22H,4-10,14H2,1-3H3/t15-,20-/m1/s1. The second-order valence-corrected chi connectivity index (χ2v) is 7.35. The normalized spacial score (nSPS) is 20.5. The number of ether oxygens (including phenoxy) is 4. The Morgan fingerprint density at radius 2 is 2.04 bits per heavy atom. The van der Waals surface area contributed by atoms with E-state index in [9.17, 15) is 4.79 Å². The van der Waals surface area contributed by atoms with E-state index in [4.69, 9.17) is 18.9 Å². The molecule has 3 rings (SSSR count). The molecule has 2 atom stereocenters. The molecule has 1 aliphatic carbocycles. The maximum Gasteiger partial charge on any atom is 0.253 e. The van der Waals surface area contributed by atoms with Crippen LogP contribution in [0.3, 0.4) is 0 Å². The van der Waals surface area contributed by atoms with Crippen LogP contribution in [0.4, 0.5) is 0 Å². The number of hydrogen-bond acceptors (Lipinski definition) is 6. The second kappa shape index (κ2) is 10.1. The molecule has 0 radical (unpaired) electrons. The van der Waals surface area contributed by atoms with E-state index in [-0.39, 0.29) is 18.0 Å². The lowest BCUT2D eigenvalue weighted by Crippen LogP contribution is -2.50. The zero-order valence-corrected chi connectivity index (χ0v) is 17.1. The molecule has 1 saturated heterocycles. The number of hydrogen-bond donors (Lipinski definition) is 1. The lowest BCUT2D eigenvalue weighted by atomic mass is 10.0. The first-order chi connectivity index (χ1) is 13.6. The van der Waals surface area contributed by atoms with Gasteiger partial charge in [0.25, 0.3) is 5.91 Å². The van der Waals surface area contributed by atoms with Crippen LogP contribution in [0.15, 0.2) is 18.2 Å². The Morgan fingerprint density at radius 1 is 1.25 bits per heavy atom. The summed E-state index contributed by atoms with van der Waals surface area (Å²) in [5.41, 5.74) is 1.00. The van der Waals surface area contributed by atoms with Crippen molar-refractivity contribution in [2.75, 3.05) is 47.1 Å². The van der Waals surface area contributed by atoms with Crippen LogP contribution in [0.25, 0.3) is 0 Å². The Hall–Kier alpha value is -1.83. The Balaban J connectivity index is 1.75. The fraction of sp³-hybridized carbons (Fsp3) is 0.667. The summed E-state index contributed by atoms with van der Waals surface area (Å²) in [4.78, 5) is 15.1. The molecule has 7 nitrogen and oxygen atoms in total. The molecule has 1 heterocycles. The average Bonchev–Trinajstić information content (AvgIpc) is 3.56. The first kappa shape index (κ1) is 20.9. The van der Waals surface area contributed by atoms with Gasteiger partial charge in [0.1, 0.15) is 17.6 Å². The second-order valence-electron chi connectivity index (χ2n) is 7.35. The number of carbonyl (C=O) groups excluding carboxylic acids is 1. The summed E-state index contributed by atoms with van der Waals surface area (Å²) in [6.45, 7) is 5.23. The highest BCUT2D eigenvalue weighted by molar-refractivity contribution is 5.82. The van der Waals surface area contributed by atoms with Crippen molar-refractivity contribution in [1.29, 1.82) is 0 Å². The molecule has 2 fully saturated rings. The number of amides is 1. The molecule has 156 valence electrons. The number of carbonyl (C=O) groups is 1. The van der Waals surface area contributed by atoms with Crippen molar-refractivity contribution in [1.82, 2.24) is 10.2 Å². The molecule has 0 unspecified atom stereocenters. The lowest BCUT2D eigenvalue weighted by Gasteiger charge is -2.34. The third-order valence-electron chi connectivity index (χ3n) is 5.20. The quantitative estimate of drug-likeness (QED) is 0.616. The molecular weight excluding hydrogens is 360 g/mol. The molecule has 1 saturated carbocycles. The third kappa shape index (κ3) is 5.37. The monoisotopic (exact) mass is 392 g/mol. The van der Waals surface area contributed by atoms with Crippen LogP contribution in [-0.4, -0.2) is 70.1 Å². The molecule has 0 aromatic heterocycles. The van der Waals surface area contributed by atoms with Crippen molar-refractivity contribution in [3.63, 3.8) is 0 Å². The number of morpholine rings is 1. The van der Waals surface area contributed by atoms with Crippen LogP contribution in [0.1, 0.15) is 37.8 Å². The zero-order valence-electron chi connectivity index (χ0n) is 17.1.